The number of carbonyl (C=O) groups is 4. The Hall–Kier alpha value is -2.94. The molecule has 29 heavy (non-hydrogen) atoms. The Bertz CT molecular complexity index is 746. The van der Waals surface area contributed by atoms with E-state index in [9.17, 15) is 19.2 Å². The Kier molecular flexibility index (Phi) is 7.72. The molecule has 2 rings (SSSR count). The number of esters is 4. The minimum atomic E-state index is -1.17. The van der Waals surface area contributed by atoms with E-state index in [0.717, 1.165) is 0 Å². The number of hydrogen-bond acceptors (Lipinski definition) is 9. The summed E-state index contributed by atoms with van der Waals surface area (Å²) in [6.07, 6.45) is -5.21. The molecule has 0 aliphatic carbocycles. The third kappa shape index (κ3) is 6.28. The van der Waals surface area contributed by atoms with Gasteiger partial charge in [-0.1, -0.05) is 30.3 Å². The summed E-state index contributed by atoms with van der Waals surface area (Å²) in [6, 6.07) is 8.84. The first-order chi connectivity index (χ1) is 13.7. The molecule has 0 spiro atoms. The lowest BCUT2D eigenvalue weighted by Gasteiger charge is -2.44. The molecular formula is C20H24O9. The molecule has 1 heterocycles. The van der Waals surface area contributed by atoms with E-state index in [0.29, 0.717) is 5.56 Å². The molecule has 1 aromatic carbocycles. The second-order valence-electron chi connectivity index (χ2n) is 6.53. The van der Waals surface area contributed by atoms with Gasteiger partial charge >= 0.3 is 23.9 Å². The zero-order chi connectivity index (χ0) is 21.6. The van der Waals surface area contributed by atoms with E-state index < -0.39 is 54.4 Å². The largest absolute Gasteiger partial charge is 0.463 e. The zero-order valence-electron chi connectivity index (χ0n) is 16.7. The number of ether oxygens (including phenoxy) is 5. The Morgan fingerprint density at radius 2 is 1.28 bits per heavy atom. The van der Waals surface area contributed by atoms with Crippen LogP contribution in [-0.4, -0.2) is 54.9 Å². The molecule has 158 valence electrons. The lowest BCUT2D eigenvalue weighted by molar-refractivity contribution is -0.254. The first-order valence-electron chi connectivity index (χ1n) is 9.04. The second-order valence-corrected chi connectivity index (χ2v) is 6.53. The predicted molar refractivity (Wildman–Crippen MR) is 97.4 cm³/mol. The fraction of sp³-hybridized carbons (Fsp3) is 0.500. The molecule has 0 saturated carbocycles. The van der Waals surface area contributed by atoms with Crippen molar-refractivity contribution in [2.75, 3.05) is 6.61 Å². The Morgan fingerprint density at radius 3 is 1.79 bits per heavy atom. The maximum Gasteiger partial charge on any atom is 0.303 e. The van der Waals surface area contributed by atoms with Gasteiger partial charge in [-0.3, -0.25) is 19.2 Å². The molecule has 0 bridgehead atoms. The van der Waals surface area contributed by atoms with Gasteiger partial charge in [0, 0.05) is 27.7 Å². The van der Waals surface area contributed by atoms with Crippen LogP contribution in [0.3, 0.4) is 0 Å². The molecule has 0 amide bonds. The first kappa shape index (κ1) is 22.4. The minimum absolute atomic E-state index is 0.249. The Labute approximate surface area is 168 Å². The topological polar surface area (TPSA) is 114 Å². The van der Waals surface area contributed by atoms with E-state index in [-0.39, 0.29) is 6.61 Å². The van der Waals surface area contributed by atoms with Gasteiger partial charge in [-0.05, 0) is 5.56 Å². The van der Waals surface area contributed by atoms with Gasteiger partial charge in [0.1, 0.15) is 18.8 Å². The van der Waals surface area contributed by atoms with Crippen molar-refractivity contribution in [1.82, 2.24) is 0 Å². The van der Waals surface area contributed by atoms with Gasteiger partial charge in [0.25, 0.3) is 0 Å². The molecule has 0 N–H and O–H groups in total. The molecule has 1 saturated heterocycles. The lowest BCUT2D eigenvalue weighted by atomic mass is 9.90. The highest BCUT2D eigenvalue weighted by molar-refractivity contribution is 5.68. The van der Waals surface area contributed by atoms with Crippen molar-refractivity contribution in [2.24, 2.45) is 0 Å². The third-order valence-electron chi connectivity index (χ3n) is 4.12. The Balaban J connectivity index is 2.49. The summed E-state index contributed by atoms with van der Waals surface area (Å²) >= 11 is 0. The zero-order valence-corrected chi connectivity index (χ0v) is 16.7. The van der Waals surface area contributed by atoms with Crippen LogP contribution in [-0.2, 0) is 42.9 Å². The van der Waals surface area contributed by atoms with Crippen LogP contribution in [0.4, 0.5) is 0 Å². The standard InChI is InChI=1S/C20H24O9/c1-11(21)25-10-16-18(26-12(2)22)20(28-14(4)24)19(27-13(3)23)17(29-16)15-8-6-5-7-9-15/h5-9,16-20H,10H2,1-4H3/t16-,17-,18-,19+,20+/m1/s1. The van der Waals surface area contributed by atoms with E-state index in [1.807, 2.05) is 0 Å². The van der Waals surface area contributed by atoms with Crippen LogP contribution < -0.4 is 0 Å². The van der Waals surface area contributed by atoms with Crippen LogP contribution in [0.15, 0.2) is 30.3 Å². The van der Waals surface area contributed by atoms with E-state index >= 15 is 0 Å². The summed E-state index contributed by atoms with van der Waals surface area (Å²) in [5.74, 6) is -2.51. The van der Waals surface area contributed by atoms with Crippen molar-refractivity contribution in [1.29, 1.82) is 0 Å². The molecule has 9 nitrogen and oxygen atoms in total. The van der Waals surface area contributed by atoms with Crippen molar-refractivity contribution >= 4 is 23.9 Å². The van der Waals surface area contributed by atoms with Gasteiger partial charge in [-0.15, -0.1) is 0 Å². The van der Waals surface area contributed by atoms with Gasteiger partial charge in [-0.25, -0.2) is 0 Å². The van der Waals surface area contributed by atoms with Crippen molar-refractivity contribution in [3.05, 3.63) is 35.9 Å². The average molecular weight is 408 g/mol. The van der Waals surface area contributed by atoms with Gasteiger partial charge in [-0.2, -0.15) is 0 Å². The molecule has 1 fully saturated rings. The van der Waals surface area contributed by atoms with Crippen molar-refractivity contribution in [3.63, 3.8) is 0 Å². The molecule has 1 aliphatic heterocycles. The Morgan fingerprint density at radius 1 is 0.759 bits per heavy atom. The summed E-state index contributed by atoms with van der Waals surface area (Å²) in [7, 11) is 0. The molecule has 0 radical (unpaired) electrons. The van der Waals surface area contributed by atoms with Gasteiger partial charge < -0.3 is 23.7 Å². The predicted octanol–water partition coefficient (Wildman–Crippen LogP) is 1.48. The fourth-order valence-electron chi connectivity index (χ4n) is 3.14. The maximum absolute atomic E-state index is 11.8. The van der Waals surface area contributed by atoms with E-state index in [1.54, 1.807) is 30.3 Å². The average Bonchev–Trinajstić information content (AvgIpc) is 2.63. The normalized spacial score (nSPS) is 26.1. The SMILES string of the molecule is CC(=O)OC[C@H]1O[C@H](c2ccccc2)[C@H](OC(C)=O)[C@@H](OC(C)=O)[C@@H]1OC(C)=O. The van der Waals surface area contributed by atoms with E-state index in [4.69, 9.17) is 23.7 Å². The van der Waals surface area contributed by atoms with Gasteiger partial charge in [0.15, 0.2) is 18.3 Å². The number of hydrogen-bond donors (Lipinski definition) is 0. The highest BCUT2D eigenvalue weighted by Crippen LogP contribution is 2.37. The summed E-state index contributed by atoms with van der Waals surface area (Å²) in [6.45, 7) is 4.55. The van der Waals surface area contributed by atoms with E-state index in [2.05, 4.69) is 0 Å². The molecule has 9 heteroatoms. The van der Waals surface area contributed by atoms with Crippen molar-refractivity contribution in [3.8, 4) is 0 Å². The number of carbonyl (C=O) groups excluding carboxylic acids is 4. The number of benzene rings is 1. The van der Waals surface area contributed by atoms with Crippen LogP contribution in [0.1, 0.15) is 39.4 Å². The summed E-state index contributed by atoms with van der Waals surface area (Å²) < 4.78 is 27.2. The molecule has 1 aliphatic rings. The molecule has 5 atom stereocenters. The van der Waals surface area contributed by atoms with Gasteiger partial charge in [0.2, 0.25) is 0 Å². The van der Waals surface area contributed by atoms with Crippen LogP contribution >= 0.6 is 0 Å². The smallest absolute Gasteiger partial charge is 0.303 e. The highest BCUT2D eigenvalue weighted by Gasteiger charge is 2.52. The van der Waals surface area contributed by atoms with Crippen molar-refractivity contribution < 1.29 is 42.9 Å². The number of rotatable bonds is 6. The summed E-state index contributed by atoms with van der Waals surface area (Å²) in [4.78, 5) is 46.5. The van der Waals surface area contributed by atoms with E-state index in [1.165, 1.54) is 27.7 Å². The quantitative estimate of drug-likeness (QED) is 0.510. The molecular weight excluding hydrogens is 384 g/mol. The summed E-state index contributed by atoms with van der Waals surface area (Å²) in [5, 5.41) is 0. The first-order valence-corrected chi connectivity index (χ1v) is 9.04. The molecule has 1 aromatic rings. The monoisotopic (exact) mass is 408 g/mol. The lowest BCUT2D eigenvalue weighted by Crippen LogP contribution is -2.59. The van der Waals surface area contributed by atoms with Crippen LogP contribution in [0, 0.1) is 0 Å². The highest BCUT2D eigenvalue weighted by atomic mass is 16.7. The van der Waals surface area contributed by atoms with Crippen LogP contribution in [0.25, 0.3) is 0 Å². The molecule has 0 unspecified atom stereocenters. The second kappa shape index (κ2) is 10.0. The van der Waals surface area contributed by atoms with Gasteiger partial charge in [0.05, 0.1) is 0 Å². The third-order valence-corrected chi connectivity index (χ3v) is 4.12. The molecule has 0 aromatic heterocycles. The maximum atomic E-state index is 11.8. The van der Waals surface area contributed by atoms with Crippen LogP contribution in [0.2, 0.25) is 0 Å². The van der Waals surface area contributed by atoms with Crippen molar-refractivity contribution in [2.45, 2.75) is 58.2 Å². The fourth-order valence-corrected chi connectivity index (χ4v) is 3.14. The van der Waals surface area contributed by atoms with Crippen LogP contribution in [0.5, 0.6) is 0 Å². The minimum Gasteiger partial charge on any atom is -0.463 e. The summed E-state index contributed by atoms with van der Waals surface area (Å²) in [5.41, 5.74) is 0.644.